The Labute approximate surface area is 116 Å². The van der Waals surface area contributed by atoms with Gasteiger partial charge in [-0.2, -0.15) is 4.98 Å². The summed E-state index contributed by atoms with van der Waals surface area (Å²) in [5.41, 5.74) is 0. The maximum atomic E-state index is 6.21. The van der Waals surface area contributed by atoms with Crippen LogP contribution in [0.15, 0.2) is 18.6 Å². The molecule has 7 heteroatoms. The van der Waals surface area contributed by atoms with Gasteiger partial charge < -0.3 is 14.8 Å². The second-order valence-corrected chi connectivity index (χ2v) is 4.76. The molecule has 6 nitrogen and oxygen atoms in total. The summed E-state index contributed by atoms with van der Waals surface area (Å²) in [5.74, 6) is 2.41. The molecule has 0 atom stereocenters. The third-order valence-electron chi connectivity index (χ3n) is 3.10. The number of nitrogens with one attached hydrogen (secondary N) is 1. The molecule has 2 aromatic rings. The lowest BCUT2D eigenvalue weighted by molar-refractivity contribution is 0.556. The Morgan fingerprint density at radius 1 is 1.37 bits per heavy atom. The Morgan fingerprint density at radius 3 is 3.11 bits per heavy atom. The maximum absolute atomic E-state index is 6.21. The van der Waals surface area contributed by atoms with E-state index in [9.17, 15) is 0 Å². The Kier molecular flexibility index (Phi) is 3.25. The van der Waals surface area contributed by atoms with Crippen LogP contribution in [0.25, 0.3) is 0 Å². The van der Waals surface area contributed by atoms with Gasteiger partial charge in [-0.1, -0.05) is 11.6 Å². The van der Waals surface area contributed by atoms with E-state index in [0.29, 0.717) is 11.0 Å². The lowest BCUT2D eigenvalue weighted by Crippen LogP contribution is -2.34. The molecule has 0 aromatic carbocycles. The summed E-state index contributed by atoms with van der Waals surface area (Å²) < 4.78 is 2.15. The SMILES string of the molecule is CCNc1ncc(Cl)c(N2CCn3ccnc3C2)n1. The van der Waals surface area contributed by atoms with E-state index in [1.807, 2.05) is 19.3 Å². The molecule has 0 amide bonds. The zero-order chi connectivity index (χ0) is 13.2. The number of rotatable bonds is 3. The predicted octanol–water partition coefficient (Wildman–Crippen LogP) is 1.78. The van der Waals surface area contributed by atoms with Gasteiger partial charge in [0.25, 0.3) is 0 Å². The van der Waals surface area contributed by atoms with Crippen LogP contribution >= 0.6 is 11.6 Å². The highest BCUT2D eigenvalue weighted by Gasteiger charge is 2.20. The monoisotopic (exact) mass is 278 g/mol. The van der Waals surface area contributed by atoms with Crippen molar-refractivity contribution in [1.29, 1.82) is 0 Å². The van der Waals surface area contributed by atoms with Gasteiger partial charge in [0, 0.05) is 32.0 Å². The van der Waals surface area contributed by atoms with E-state index < -0.39 is 0 Å². The van der Waals surface area contributed by atoms with Gasteiger partial charge in [-0.3, -0.25) is 0 Å². The molecule has 1 aliphatic rings. The smallest absolute Gasteiger partial charge is 0.224 e. The first-order chi connectivity index (χ1) is 9.28. The van der Waals surface area contributed by atoms with Crippen LogP contribution in [0.3, 0.4) is 0 Å². The molecular weight excluding hydrogens is 264 g/mol. The number of imidazole rings is 1. The first kappa shape index (κ1) is 12.2. The molecule has 0 aliphatic carbocycles. The topological polar surface area (TPSA) is 58.9 Å². The average Bonchev–Trinajstić information content (AvgIpc) is 2.88. The highest BCUT2D eigenvalue weighted by Crippen LogP contribution is 2.26. The van der Waals surface area contributed by atoms with Crippen LogP contribution in [0.5, 0.6) is 0 Å². The minimum atomic E-state index is 0.571. The summed E-state index contributed by atoms with van der Waals surface area (Å²) in [7, 11) is 0. The van der Waals surface area contributed by atoms with Crippen LogP contribution in [0.2, 0.25) is 5.02 Å². The first-order valence-electron chi connectivity index (χ1n) is 6.29. The number of fused-ring (bicyclic) bond motifs is 1. The lowest BCUT2D eigenvalue weighted by Gasteiger charge is -2.29. The molecule has 3 rings (SSSR count). The van der Waals surface area contributed by atoms with Crippen LogP contribution in [-0.4, -0.2) is 32.6 Å². The highest BCUT2D eigenvalue weighted by molar-refractivity contribution is 6.32. The summed E-state index contributed by atoms with van der Waals surface area (Å²) in [6.07, 6.45) is 5.46. The molecule has 0 unspecified atom stereocenters. The van der Waals surface area contributed by atoms with E-state index in [-0.39, 0.29) is 0 Å². The number of nitrogens with zero attached hydrogens (tertiary/aromatic N) is 5. The highest BCUT2D eigenvalue weighted by atomic mass is 35.5. The van der Waals surface area contributed by atoms with E-state index in [2.05, 4.69) is 29.7 Å². The fourth-order valence-corrected chi connectivity index (χ4v) is 2.39. The zero-order valence-electron chi connectivity index (χ0n) is 10.7. The van der Waals surface area contributed by atoms with E-state index in [1.165, 1.54) is 0 Å². The van der Waals surface area contributed by atoms with Crippen LogP contribution in [0.4, 0.5) is 11.8 Å². The fourth-order valence-electron chi connectivity index (χ4n) is 2.18. The quantitative estimate of drug-likeness (QED) is 0.927. The molecule has 0 fully saturated rings. The van der Waals surface area contributed by atoms with E-state index in [1.54, 1.807) is 6.20 Å². The van der Waals surface area contributed by atoms with Crippen molar-refractivity contribution in [2.75, 3.05) is 23.3 Å². The van der Waals surface area contributed by atoms with Gasteiger partial charge in [0.15, 0.2) is 5.82 Å². The molecule has 1 aliphatic heterocycles. The van der Waals surface area contributed by atoms with E-state index in [0.717, 1.165) is 37.8 Å². The van der Waals surface area contributed by atoms with Crippen molar-refractivity contribution in [2.45, 2.75) is 20.0 Å². The minimum Gasteiger partial charge on any atom is -0.354 e. The summed E-state index contributed by atoms with van der Waals surface area (Å²) in [6, 6.07) is 0. The molecule has 0 saturated carbocycles. The van der Waals surface area contributed by atoms with Crippen LogP contribution in [0, 0.1) is 0 Å². The van der Waals surface area contributed by atoms with Crippen molar-refractivity contribution >= 4 is 23.4 Å². The molecule has 100 valence electrons. The van der Waals surface area contributed by atoms with Gasteiger partial charge in [0.05, 0.1) is 12.7 Å². The minimum absolute atomic E-state index is 0.571. The van der Waals surface area contributed by atoms with E-state index in [4.69, 9.17) is 11.6 Å². The van der Waals surface area contributed by atoms with Crippen LogP contribution in [0.1, 0.15) is 12.7 Å². The Bertz CT molecular complexity index is 581. The van der Waals surface area contributed by atoms with Crippen molar-refractivity contribution < 1.29 is 0 Å². The Hall–Kier alpha value is -1.82. The summed E-state index contributed by atoms with van der Waals surface area (Å²) in [4.78, 5) is 15.1. The fraction of sp³-hybridized carbons (Fsp3) is 0.417. The van der Waals surface area contributed by atoms with Crippen molar-refractivity contribution in [3.63, 3.8) is 0 Å². The largest absolute Gasteiger partial charge is 0.354 e. The van der Waals surface area contributed by atoms with Crippen molar-refractivity contribution in [3.05, 3.63) is 29.4 Å². The number of hydrogen-bond donors (Lipinski definition) is 1. The zero-order valence-corrected chi connectivity index (χ0v) is 11.4. The number of halogens is 1. The maximum Gasteiger partial charge on any atom is 0.224 e. The predicted molar refractivity (Wildman–Crippen MR) is 74.5 cm³/mol. The van der Waals surface area contributed by atoms with Crippen molar-refractivity contribution in [2.24, 2.45) is 0 Å². The third kappa shape index (κ3) is 2.35. The number of hydrogen-bond acceptors (Lipinski definition) is 5. The summed E-state index contributed by atoms with van der Waals surface area (Å²) >= 11 is 6.21. The standard InChI is InChI=1S/C12H15ClN6/c1-2-14-12-16-7-9(13)11(17-12)19-6-5-18-4-3-15-10(18)8-19/h3-4,7H,2,5-6,8H2,1H3,(H,14,16,17). The van der Waals surface area contributed by atoms with Gasteiger partial charge in [-0.25, -0.2) is 9.97 Å². The molecule has 0 radical (unpaired) electrons. The third-order valence-corrected chi connectivity index (χ3v) is 3.37. The van der Waals surface area contributed by atoms with Crippen LogP contribution < -0.4 is 10.2 Å². The molecule has 19 heavy (non-hydrogen) atoms. The molecule has 0 saturated heterocycles. The summed E-state index contributed by atoms with van der Waals surface area (Å²) in [5, 5.41) is 3.67. The second-order valence-electron chi connectivity index (χ2n) is 4.35. The molecule has 0 spiro atoms. The van der Waals surface area contributed by atoms with Crippen molar-refractivity contribution in [1.82, 2.24) is 19.5 Å². The lowest BCUT2D eigenvalue weighted by atomic mass is 10.3. The molecule has 1 N–H and O–H groups in total. The number of anilines is 2. The number of aromatic nitrogens is 4. The normalized spacial score (nSPS) is 14.3. The van der Waals surface area contributed by atoms with Crippen molar-refractivity contribution in [3.8, 4) is 0 Å². The molecule has 0 bridgehead atoms. The van der Waals surface area contributed by atoms with E-state index >= 15 is 0 Å². The van der Waals surface area contributed by atoms with Gasteiger partial charge >= 0.3 is 0 Å². The van der Waals surface area contributed by atoms with Gasteiger partial charge in [0.2, 0.25) is 5.95 Å². The summed E-state index contributed by atoms with van der Waals surface area (Å²) in [6.45, 7) is 5.27. The van der Waals surface area contributed by atoms with Gasteiger partial charge in [-0.05, 0) is 6.92 Å². The van der Waals surface area contributed by atoms with Gasteiger partial charge in [-0.15, -0.1) is 0 Å². The van der Waals surface area contributed by atoms with Crippen LogP contribution in [-0.2, 0) is 13.1 Å². The molecule has 2 aromatic heterocycles. The van der Waals surface area contributed by atoms with Gasteiger partial charge in [0.1, 0.15) is 10.8 Å². The second kappa shape index (κ2) is 5.05. The average molecular weight is 279 g/mol. The molecule has 3 heterocycles. The Balaban J connectivity index is 1.88. The Morgan fingerprint density at radius 2 is 2.26 bits per heavy atom. The first-order valence-corrected chi connectivity index (χ1v) is 6.67. The molecular formula is C12H15ClN6.